The first kappa shape index (κ1) is 14.8. The Hall–Kier alpha value is -1.59. The summed E-state index contributed by atoms with van der Waals surface area (Å²) in [6.45, 7) is 0. The molecular formula is C14H10BrClFNO2. The van der Waals surface area contributed by atoms with Crippen molar-refractivity contribution in [3.8, 4) is 0 Å². The monoisotopic (exact) mass is 357 g/mol. The summed E-state index contributed by atoms with van der Waals surface area (Å²) < 4.78 is 13.6. The number of nitrogens with one attached hydrogen (secondary N) is 1. The van der Waals surface area contributed by atoms with Gasteiger partial charge in [0.2, 0.25) is 0 Å². The van der Waals surface area contributed by atoms with Gasteiger partial charge in [0.25, 0.3) is 0 Å². The Labute approximate surface area is 128 Å². The second-order valence-corrected chi connectivity index (χ2v) is 5.41. The maximum Gasteiger partial charge on any atom is 0.330 e. The molecular weight excluding hydrogens is 349 g/mol. The van der Waals surface area contributed by atoms with Crippen LogP contribution in [0.15, 0.2) is 46.9 Å². The van der Waals surface area contributed by atoms with Crippen molar-refractivity contribution >= 4 is 39.2 Å². The highest BCUT2D eigenvalue weighted by Crippen LogP contribution is 2.29. The molecule has 0 radical (unpaired) electrons. The molecule has 0 aliphatic rings. The molecule has 2 N–H and O–H groups in total. The Morgan fingerprint density at radius 2 is 1.90 bits per heavy atom. The Bertz CT molecular complexity index is 634. The van der Waals surface area contributed by atoms with Gasteiger partial charge in [0.05, 0.1) is 0 Å². The molecule has 0 amide bonds. The van der Waals surface area contributed by atoms with E-state index >= 15 is 0 Å². The van der Waals surface area contributed by atoms with E-state index in [0.717, 1.165) is 4.47 Å². The minimum Gasteiger partial charge on any atom is -0.479 e. The molecule has 6 heteroatoms. The number of carbonyl (C=O) groups is 1. The van der Waals surface area contributed by atoms with E-state index in [4.69, 9.17) is 11.6 Å². The lowest BCUT2D eigenvalue weighted by molar-refractivity contribution is -0.138. The third kappa shape index (κ3) is 3.49. The van der Waals surface area contributed by atoms with Crippen molar-refractivity contribution in [2.24, 2.45) is 0 Å². The van der Waals surface area contributed by atoms with Crippen molar-refractivity contribution in [2.75, 3.05) is 5.32 Å². The lowest BCUT2D eigenvalue weighted by Crippen LogP contribution is -2.20. The zero-order chi connectivity index (χ0) is 14.7. The van der Waals surface area contributed by atoms with Gasteiger partial charge in [0.15, 0.2) is 6.04 Å². The summed E-state index contributed by atoms with van der Waals surface area (Å²) in [7, 11) is 0. The predicted octanol–water partition coefficient (Wildman–Crippen LogP) is 4.48. The summed E-state index contributed by atoms with van der Waals surface area (Å²) in [6.07, 6.45) is 0. The fourth-order valence-electron chi connectivity index (χ4n) is 1.72. The first-order valence-corrected chi connectivity index (χ1v) is 6.84. The molecule has 0 aliphatic carbocycles. The highest BCUT2D eigenvalue weighted by molar-refractivity contribution is 9.10. The van der Waals surface area contributed by atoms with Crippen LogP contribution in [0.5, 0.6) is 0 Å². The van der Waals surface area contributed by atoms with Crippen molar-refractivity contribution in [1.29, 1.82) is 0 Å². The van der Waals surface area contributed by atoms with Crippen LogP contribution in [0.4, 0.5) is 10.1 Å². The second kappa shape index (κ2) is 6.24. The number of anilines is 1. The van der Waals surface area contributed by atoms with Gasteiger partial charge in [0, 0.05) is 20.7 Å². The average molecular weight is 359 g/mol. The van der Waals surface area contributed by atoms with E-state index in [2.05, 4.69) is 21.2 Å². The fourth-order valence-corrected chi connectivity index (χ4v) is 2.50. The number of carboxylic acids is 1. The SMILES string of the molecule is O=C(O)C(Nc1ccc(F)cc1)c1ccc(Br)cc1Cl. The summed E-state index contributed by atoms with van der Waals surface area (Å²) in [6, 6.07) is 9.40. The predicted molar refractivity (Wildman–Crippen MR) is 79.6 cm³/mol. The standard InChI is InChI=1S/C14H10BrClFNO2/c15-8-1-6-11(12(16)7-8)13(14(19)20)18-10-4-2-9(17)3-5-10/h1-7,13,18H,(H,19,20). The number of aliphatic carboxylic acids is 1. The largest absolute Gasteiger partial charge is 0.479 e. The van der Waals surface area contributed by atoms with Crippen molar-refractivity contribution in [3.63, 3.8) is 0 Å². The van der Waals surface area contributed by atoms with Gasteiger partial charge in [-0.25, -0.2) is 9.18 Å². The van der Waals surface area contributed by atoms with Crippen molar-refractivity contribution in [3.05, 3.63) is 63.3 Å². The third-order valence-corrected chi connectivity index (χ3v) is 3.50. The number of hydrogen-bond acceptors (Lipinski definition) is 2. The van der Waals surface area contributed by atoms with E-state index in [0.29, 0.717) is 16.3 Å². The van der Waals surface area contributed by atoms with Gasteiger partial charge in [-0.2, -0.15) is 0 Å². The molecule has 0 bridgehead atoms. The lowest BCUT2D eigenvalue weighted by atomic mass is 10.1. The van der Waals surface area contributed by atoms with Crippen LogP contribution in [0.25, 0.3) is 0 Å². The van der Waals surface area contributed by atoms with Crippen LogP contribution in [-0.2, 0) is 4.79 Å². The van der Waals surface area contributed by atoms with Crippen LogP contribution in [0.2, 0.25) is 5.02 Å². The third-order valence-electron chi connectivity index (χ3n) is 2.68. The Balaban J connectivity index is 2.31. The molecule has 0 fully saturated rings. The lowest BCUT2D eigenvalue weighted by Gasteiger charge is -2.17. The summed E-state index contributed by atoms with van der Waals surface area (Å²) in [5, 5.41) is 12.5. The normalized spacial score (nSPS) is 11.9. The van der Waals surface area contributed by atoms with Crippen molar-refractivity contribution < 1.29 is 14.3 Å². The van der Waals surface area contributed by atoms with Crippen LogP contribution < -0.4 is 5.32 Å². The second-order valence-electron chi connectivity index (χ2n) is 4.09. The van der Waals surface area contributed by atoms with E-state index in [9.17, 15) is 14.3 Å². The van der Waals surface area contributed by atoms with E-state index < -0.39 is 12.0 Å². The minimum atomic E-state index is -1.07. The van der Waals surface area contributed by atoms with Crippen LogP contribution >= 0.6 is 27.5 Å². The van der Waals surface area contributed by atoms with Crippen LogP contribution in [0.3, 0.4) is 0 Å². The molecule has 2 aromatic carbocycles. The van der Waals surface area contributed by atoms with Crippen molar-refractivity contribution in [2.45, 2.75) is 6.04 Å². The van der Waals surface area contributed by atoms with Gasteiger partial charge in [0.1, 0.15) is 5.82 Å². The molecule has 3 nitrogen and oxygen atoms in total. The number of benzene rings is 2. The number of hydrogen-bond donors (Lipinski definition) is 2. The van der Waals surface area contributed by atoms with E-state index in [1.165, 1.54) is 24.3 Å². The van der Waals surface area contributed by atoms with Crippen LogP contribution in [0, 0.1) is 5.82 Å². The quantitative estimate of drug-likeness (QED) is 0.847. The van der Waals surface area contributed by atoms with Gasteiger partial charge in [-0.1, -0.05) is 33.6 Å². The smallest absolute Gasteiger partial charge is 0.330 e. The van der Waals surface area contributed by atoms with Crippen molar-refractivity contribution in [1.82, 2.24) is 0 Å². The van der Waals surface area contributed by atoms with Gasteiger partial charge in [-0.15, -0.1) is 0 Å². The topological polar surface area (TPSA) is 49.3 Å². The number of carboxylic acid groups (broad SMARTS) is 1. The molecule has 0 aliphatic heterocycles. The molecule has 2 aromatic rings. The van der Waals surface area contributed by atoms with Gasteiger partial charge in [-0.3, -0.25) is 0 Å². The summed E-state index contributed by atoms with van der Waals surface area (Å²) in [4.78, 5) is 11.4. The fraction of sp³-hybridized carbons (Fsp3) is 0.0714. The van der Waals surface area contributed by atoms with E-state index in [-0.39, 0.29) is 5.82 Å². The first-order valence-electron chi connectivity index (χ1n) is 5.67. The zero-order valence-electron chi connectivity index (χ0n) is 10.1. The van der Waals surface area contributed by atoms with E-state index in [1.54, 1.807) is 18.2 Å². The summed E-state index contributed by atoms with van der Waals surface area (Å²) in [5.41, 5.74) is 0.935. The first-order chi connectivity index (χ1) is 9.47. The molecule has 1 atom stereocenters. The Morgan fingerprint density at radius 3 is 2.45 bits per heavy atom. The molecule has 0 aromatic heterocycles. The number of halogens is 3. The molecule has 0 saturated carbocycles. The molecule has 2 rings (SSSR count). The summed E-state index contributed by atoms with van der Waals surface area (Å²) >= 11 is 9.33. The molecule has 0 saturated heterocycles. The summed E-state index contributed by atoms with van der Waals surface area (Å²) in [5.74, 6) is -1.46. The molecule has 20 heavy (non-hydrogen) atoms. The minimum absolute atomic E-state index is 0.335. The van der Waals surface area contributed by atoms with Gasteiger partial charge >= 0.3 is 5.97 Å². The maximum absolute atomic E-state index is 12.8. The molecule has 1 unspecified atom stereocenters. The Morgan fingerprint density at radius 1 is 1.25 bits per heavy atom. The molecule has 0 spiro atoms. The maximum atomic E-state index is 12.8. The number of rotatable bonds is 4. The van der Waals surface area contributed by atoms with Crippen LogP contribution in [0.1, 0.15) is 11.6 Å². The average Bonchev–Trinajstić information content (AvgIpc) is 2.39. The highest BCUT2D eigenvalue weighted by Gasteiger charge is 2.22. The molecule has 0 heterocycles. The highest BCUT2D eigenvalue weighted by atomic mass is 79.9. The van der Waals surface area contributed by atoms with Gasteiger partial charge < -0.3 is 10.4 Å². The Kier molecular flexibility index (Phi) is 4.62. The zero-order valence-corrected chi connectivity index (χ0v) is 12.5. The van der Waals surface area contributed by atoms with Gasteiger partial charge in [-0.05, 0) is 36.4 Å². The molecule has 104 valence electrons. The van der Waals surface area contributed by atoms with Crippen LogP contribution in [-0.4, -0.2) is 11.1 Å². The van der Waals surface area contributed by atoms with E-state index in [1.807, 2.05) is 0 Å².